The summed E-state index contributed by atoms with van der Waals surface area (Å²) in [6, 6.07) is 5.76. The Hall–Kier alpha value is -0.830. The van der Waals surface area contributed by atoms with Crippen molar-refractivity contribution in [3.63, 3.8) is 0 Å². The average Bonchev–Trinajstić information content (AvgIpc) is 2.36. The number of fused-ring (bicyclic) bond motifs is 1. The predicted molar refractivity (Wildman–Crippen MR) is 65.5 cm³/mol. The van der Waals surface area contributed by atoms with Gasteiger partial charge in [-0.1, -0.05) is 32.9 Å². The van der Waals surface area contributed by atoms with E-state index in [2.05, 4.69) is 26.8 Å². The molecule has 0 radical (unpaired) electrons. The molecule has 3 heteroatoms. The van der Waals surface area contributed by atoms with Crippen LogP contribution < -0.4 is 0 Å². The van der Waals surface area contributed by atoms with Crippen molar-refractivity contribution >= 4 is 9.84 Å². The van der Waals surface area contributed by atoms with Crippen molar-refractivity contribution in [2.75, 3.05) is 0 Å². The Balaban J connectivity index is 2.58. The van der Waals surface area contributed by atoms with Crippen LogP contribution in [0.1, 0.15) is 38.8 Å². The van der Waals surface area contributed by atoms with Gasteiger partial charge in [-0.2, -0.15) is 0 Å². The molecular formula is C13H18O2S. The lowest BCUT2D eigenvalue weighted by molar-refractivity contribution is 0.587. The summed E-state index contributed by atoms with van der Waals surface area (Å²) in [5.74, 6) is 0. The van der Waals surface area contributed by atoms with E-state index in [1.807, 2.05) is 6.07 Å². The largest absolute Gasteiger partial charge is 0.223 e. The molecule has 0 N–H and O–H groups in total. The van der Waals surface area contributed by atoms with Crippen LogP contribution in [-0.4, -0.2) is 13.7 Å². The zero-order chi connectivity index (χ0) is 12.1. The summed E-state index contributed by atoms with van der Waals surface area (Å²) < 4.78 is 23.9. The number of rotatable bonds is 0. The smallest absolute Gasteiger partial charge is 0.181 e. The van der Waals surface area contributed by atoms with Crippen LogP contribution in [0, 0.1) is 0 Å². The lowest BCUT2D eigenvalue weighted by Crippen LogP contribution is -2.12. The van der Waals surface area contributed by atoms with Gasteiger partial charge in [-0.3, -0.25) is 0 Å². The van der Waals surface area contributed by atoms with E-state index < -0.39 is 9.84 Å². The maximum absolute atomic E-state index is 11.9. The van der Waals surface area contributed by atoms with Crippen LogP contribution in [0.2, 0.25) is 0 Å². The minimum atomic E-state index is -3.05. The lowest BCUT2D eigenvalue weighted by atomic mass is 9.86. The van der Waals surface area contributed by atoms with Gasteiger partial charge in [0.2, 0.25) is 0 Å². The van der Waals surface area contributed by atoms with Crippen molar-refractivity contribution in [1.82, 2.24) is 0 Å². The minimum Gasteiger partial charge on any atom is -0.223 e. The summed E-state index contributed by atoms with van der Waals surface area (Å²) in [6.45, 7) is 8.21. The summed E-state index contributed by atoms with van der Waals surface area (Å²) in [4.78, 5) is 0.535. The summed E-state index contributed by atoms with van der Waals surface area (Å²) in [7, 11) is -3.05. The zero-order valence-corrected chi connectivity index (χ0v) is 11.1. The van der Waals surface area contributed by atoms with E-state index in [-0.39, 0.29) is 10.7 Å². The number of benzene rings is 1. The highest BCUT2D eigenvalue weighted by Crippen LogP contribution is 2.34. The second-order valence-electron chi connectivity index (χ2n) is 5.63. The minimum absolute atomic E-state index is 0.0740. The van der Waals surface area contributed by atoms with Gasteiger partial charge in [0.25, 0.3) is 0 Å². The van der Waals surface area contributed by atoms with Crippen LogP contribution in [0.15, 0.2) is 23.1 Å². The highest BCUT2D eigenvalue weighted by Gasteiger charge is 2.34. The predicted octanol–water partition coefficient (Wildman–Crippen LogP) is 2.70. The topological polar surface area (TPSA) is 34.1 Å². The monoisotopic (exact) mass is 238 g/mol. The molecule has 0 unspecified atom stereocenters. The first-order valence-electron chi connectivity index (χ1n) is 5.60. The molecule has 0 aliphatic carbocycles. The molecule has 0 fully saturated rings. The van der Waals surface area contributed by atoms with Crippen molar-refractivity contribution in [2.45, 2.75) is 49.7 Å². The van der Waals surface area contributed by atoms with E-state index >= 15 is 0 Å². The molecule has 2 nitrogen and oxygen atoms in total. The van der Waals surface area contributed by atoms with Crippen LogP contribution in [0.25, 0.3) is 0 Å². The Morgan fingerprint density at radius 3 is 2.44 bits per heavy atom. The van der Waals surface area contributed by atoms with Crippen molar-refractivity contribution in [3.8, 4) is 0 Å². The molecule has 2 rings (SSSR count). The number of hydrogen-bond acceptors (Lipinski definition) is 2. The second kappa shape index (κ2) is 3.33. The number of sulfone groups is 1. The Bertz CT molecular complexity index is 521. The van der Waals surface area contributed by atoms with Gasteiger partial charge in [-0.25, -0.2) is 8.42 Å². The molecule has 1 atom stereocenters. The maximum Gasteiger partial charge on any atom is 0.181 e. The van der Waals surface area contributed by atoms with E-state index in [1.165, 1.54) is 5.56 Å². The highest BCUT2D eigenvalue weighted by atomic mass is 32.2. The molecule has 1 heterocycles. The number of hydrogen-bond donors (Lipinski definition) is 0. The van der Waals surface area contributed by atoms with Gasteiger partial charge >= 0.3 is 0 Å². The lowest BCUT2D eigenvalue weighted by Gasteiger charge is -2.19. The van der Waals surface area contributed by atoms with E-state index in [0.29, 0.717) is 11.3 Å². The van der Waals surface area contributed by atoms with Crippen LogP contribution in [0.3, 0.4) is 0 Å². The van der Waals surface area contributed by atoms with Gasteiger partial charge < -0.3 is 0 Å². The third-order valence-corrected chi connectivity index (χ3v) is 5.51. The maximum atomic E-state index is 11.9. The van der Waals surface area contributed by atoms with Crippen LogP contribution in [0.5, 0.6) is 0 Å². The summed E-state index contributed by atoms with van der Waals surface area (Å²) in [5, 5.41) is -0.266. The average molecular weight is 238 g/mol. The fraction of sp³-hybridized carbons (Fsp3) is 0.538. The molecule has 0 saturated carbocycles. The van der Waals surface area contributed by atoms with Crippen LogP contribution in [-0.2, 0) is 21.7 Å². The third-order valence-electron chi connectivity index (χ3n) is 3.27. The Morgan fingerprint density at radius 1 is 1.25 bits per heavy atom. The molecule has 0 aromatic heterocycles. The first kappa shape index (κ1) is 11.6. The van der Waals surface area contributed by atoms with Gasteiger partial charge in [-0.15, -0.1) is 0 Å². The SMILES string of the molecule is C[C@H]1Cc2cc(C(C)(C)C)ccc2S1(=O)=O. The Kier molecular flexibility index (Phi) is 2.42. The summed E-state index contributed by atoms with van der Waals surface area (Å²) in [5.41, 5.74) is 2.26. The van der Waals surface area contributed by atoms with Gasteiger partial charge in [-0.05, 0) is 36.0 Å². The molecule has 0 spiro atoms. The van der Waals surface area contributed by atoms with Crippen molar-refractivity contribution in [2.24, 2.45) is 0 Å². The van der Waals surface area contributed by atoms with Gasteiger partial charge in [0, 0.05) is 0 Å². The first-order valence-corrected chi connectivity index (χ1v) is 7.15. The van der Waals surface area contributed by atoms with Crippen molar-refractivity contribution in [1.29, 1.82) is 0 Å². The van der Waals surface area contributed by atoms with E-state index in [1.54, 1.807) is 13.0 Å². The molecule has 1 aromatic carbocycles. The molecule has 1 aromatic rings. The zero-order valence-electron chi connectivity index (χ0n) is 10.2. The van der Waals surface area contributed by atoms with Gasteiger partial charge in [0.1, 0.15) is 0 Å². The fourth-order valence-corrected chi connectivity index (χ4v) is 3.72. The normalized spacial score (nSPS) is 23.1. The van der Waals surface area contributed by atoms with Crippen molar-refractivity contribution < 1.29 is 8.42 Å². The molecule has 88 valence electrons. The Labute approximate surface area is 97.6 Å². The van der Waals surface area contributed by atoms with E-state index in [9.17, 15) is 8.42 Å². The van der Waals surface area contributed by atoms with E-state index in [0.717, 1.165) is 5.56 Å². The van der Waals surface area contributed by atoms with Gasteiger partial charge in [0.05, 0.1) is 10.1 Å². The second-order valence-corrected chi connectivity index (χ2v) is 7.97. The van der Waals surface area contributed by atoms with Gasteiger partial charge in [0.15, 0.2) is 9.84 Å². The molecular weight excluding hydrogens is 220 g/mol. The molecule has 0 saturated heterocycles. The highest BCUT2D eigenvalue weighted by molar-refractivity contribution is 7.92. The summed E-state index contributed by atoms with van der Waals surface area (Å²) in [6.07, 6.45) is 0.654. The standard InChI is InChI=1S/C13H18O2S/c1-9-7-10-8-11(13(2,3)4)5-6-12(10)16(9,14)15/h5-6,8-9H,7H2,1-4H3/t9-/m0/s1. The Morgan fingerprint density at radius 2 is 1.88 bits per heavy atom. The molecule has 0 amide bonds. The summed E-state index contributed by atoms with van der Waals surface area (Å²) >= 11 is 0. The quantitative estimate of drug-likeness (QED) is 0.696. The van der Waals surface area contributed by atoms with Crippen LogP contribution in [0.4, 0.5) is 0 Å². The molecule has 1 aliphatic heterocycles. The first-order chi connectivity index (χ1) is 7.23. The third kappa shape index (κ3) is 1.67. The molecule has 16 heavy (non-hydrogen) atoms. The fourth-order valence-electron chi connectivity index (χ4n) is 2.12. The molecule has 0 bridgehead atoms. The van der Waals surface area contributed by atoms with E-state index in [4.69, 9.17) is 0 Å². The van der Waals surface area contributed by atoms with Crippen LogP contribution >= 0.6 is 0 Å². The molecule has 1 aliphatic rings. The van der Waals surface area contributed by atoms with Crippen molar-refractivity contribution in [3.05, 3.63) is 29.3 Å².